The highest BCUT2D eigenvalue weighted by Gasteiger charge is 2.24. The average molecular weight is 271 g/mol. The molecule has 0 radical (unpaired) electrons. The van der Waals surface area contributed by atoms with Crippen LogP contribution in [0.15, 0.2) is 22.7 Å². The molecule has 0 aliphatic carbocycles. The van der Waals surface area contributed by atoms with Crippen molar-refractivity contribution in [3.63, 3.8) is 0 Å². The van der Waals surface area contributed by atoms with E-state index in [9.17, 15) is 0 Å². The number of hydrogen-bond donors (Lipinski definition) is 1. The fourth-order valence-corrected chi connectivity index (χ4v) is 2.98. The second-order valence-corrected chi connectivity index (χ2v) is 5.39. The minimum Gasteiger partial charge on any atom is -0.381 e. The highest BCUT2D eigenvalue weighted by molar-refractivity contribution is 5.61. The van der Waals surface area contributed by atoms with Crippen molar-refractivity contribution in [1.82, 2.24) is 15.5 Å². The maximum Gasteiger partial charge on any atom is 0.258 e. The summed E-state index contributed by atoms with van der Waals surface area (Å²) in [5.74, 6) is 1.71. The van der Waals surface area contributed by atoms with Gasteiger partial charge in [0, 0.05) is 24.6 Å². The summed E-state index contributed by atoms with van der Waals surface area (Å²) in [7, 11) is 0. The molecule has 20 heavy (non-hydrogen) atoms. The predicted octanol–water partition coefficient (Wildman–Crippen LogP) is 1.89. The average Bonchev–Trinajstić information content (AvgIpc) is 3.17. The predicted molar refractivity (Wildman–Crippen MR) is 73.3 cm³/mol. The number of rotatable bonds is 2. The van der Waals surface area contributed by atoms with E-state index in [1.54, 1.807) is 0 Å². The zero-order valence-corrected chi connectivity index (χ0v) is 11.3. The second kappa shape index (κ2) is 5.00. The van der Waals surface area contributed by atoms with Crippen LogP contribution in [0.1, 0.15) is 29.3 Å². The molecule has 0 bridgehead atoms. The number of nitrogens with zero attached hydrogens (tertiary/aromatic N) is 2. The molecule has 0 saturated carbocycles. The molecular formula is C15H17N3O2. The number of nitrogens with one attached hydrogen (secondary N) is 1. The smallest absolute Gasteiger partial charge is 0.258 e. The number of hydrogen-bond acceptors (Lipinski definition) is 5. The van der Waals surface area contributed by atoms with E-state index in [1.807, 2.05) is 0 Å². The van der Waals surface area contributed by atoms with Gasteiger partial charge in [0.05, 0.1) is 6.61 Å². The molecule has 2 aliphatic rings. The molecule has 1 aromatic heterocycles. The Morgan fingerprint density at radius 1 is 1.30 bits per heavy atom. The molecule has 104 valence electrons. The summed E-state index contributed by atoms with van der Waals surface area (Å²) in [4.78, 5) is 4.59. The third-order valence-electron chi connectivity index (χ3n) is 4.11. The van der Waals surface area contributed by atoms with Gasteiger partial charge >= 0.3 is 0 Å². The third kappa shape index (κ3) is 2.03. The normalized spacial score (nSPS) is 21.9. The van der Waals surface area contributed by atoms with E-state index in [0.717, 1.165) is 43.9 Å². The van der Waals surface area contributed by atoms with Crippen LogP contribution in [-0.4, -0.2) is 29.9 Å². The second-order valence-electron chi connectivity index (χ2n) is 5.39. The molecule has 1 aromatic carbocycles. The van der Waals surface area contributed by atoms with Crippen LogP contribution in [0.4, 0.5) is 0 Å². The van der Waals surface area contributed by atoms with Gasteiger partial charge in [-0.2, -0.15) is 4.98 Å². The third-order valence-corrected chi connectivity index (χ3v) is 4.11. The van der Waals surface area contributed by atoms with Gasteiger partial charge in [-0.25, -0.2) is 0 Å². The lowest BCUT2D eigenvalue weighted by atomic mass is 9.95. The van der Waals surface area contributed by atoms with Crippen LogP contribution in [0.5, 0.6) is 0 Å². The highest BCUT2D eigenvalue weighted by atomic mass is 16.5. The summed E-state index contributed by atoms with van der Waals surface area (Å²) in [5.41, 5.74) is 3.75. The number of aromatic nitrogens is 2. The zero-order valence-electron chi connectivity index (χ0n) is 11.3. The molecular weight excluding hydrogens is 254 g/mol. The molecule has 2 aromatic rings. The van der Waals surface area contributed by atoms with Gasteiger partial charge in [0.2, 0.25) is 0 Å². The van der Waals surface area contributed by atoms with Crippen molar-refractivity contribution in [3.05, 3.63) is 35.2 Å². The first-order valence-electron chi connectivity index (χ1n) is 7.15. The summed E-state index contributed by atoms with van der Waals surface area (Å²) in [6.45, 7) is 3.42. The highest BCUT2D eigenvalue weighted by Crippen LogP contribution is 2.29. The van der Waals surface area contributed by atoms with Crippen molar-refractivity contribution in [2.75, 3.05) is 19.8 Å². The molecule has 2 aliphatic heterocycles. The van der Waals surface area contributed by atoms with Crippen molar-refractivity contribution in [1.29, 1.82) is 0 Å². The zero-order chi connectivity index (χ0) is 13.4. The molecule has 0 amide bonds. The summed E-state index contributed by atoms with van der Waals surface area (Å²) >= 11 is 0. The number of ether oxygens (including phenoxy) is 1. The molecule has 1 atom stereocenters. The molecule has 3 heterocycles. The molecule has 1 fully saturated rings. The Morgan fingerprint density at radius 2 is 2.30 bits per heavy atom. The van der Waals surface area contributed by atoms with E-state index in [-0.39, 0.29) is 5.92 Å². The summed E-state index contributed by atoms with van der Waals surface area (Å²) < 4.78 is 10.9. The van der Waals surface area contributed by atoms with E-state index in [1.165, 1.54) is 11.1 Å². The molecule has 1 N–H and O–H groups in total. The minimum absolute atomic E-state index is 0.286. The lowest BCUT2D eigenvalue weighted by Crippen LogP contribution is -2.24. The first kappa shape index (κ1) is 12.1. The van der Waals surface area contributed by atoms with Crippen LogP contribution in [0.2, 0.25) is 0 Å². The summed E-state index contributed by atoms with van der Waals surface area (Å²) in [6, 6.07) is 6.30. The summed E-state index contributed by atoms with van der Waals surface area (Å²) in [6.07, 6.45) is 1.99. The van der Waals surface area contributed by atoms with Crippen molar-refractivity contribution in [2.45, 2.75) is 25.3 Å². The van der Waals surface area contributed by atoms with Crippen LogP contribution in [0.25, 0.3) is 11.5 Å². The molecule has 1 saturated heterocycles. The minimum atomic E-state index is 0.286. The fourth-order valence-electron chi connectivity index (χ4n) is 2.98. The van der Waals surface area contributed by atoms with Gasteiger partial charge in [-0.3, -0.25) is 0 Å². The molecule has 5 heteroatoms. The molecule has 1 unspecified atom stereocenters. The van der Waals surface area contributed by atoms with Crippen LogP contribution in [-0.2, 0) is 17.7 Å². The Kier molecular flexibility index (Phi) is 3.01. The van der Waals surface area contributed by atoms with Crippen LogP contribution >= 0.6 is 0 Å². The van der Waals surface area contributed by atoms with Crippen LogP contribution < -0.4 is 5.32 Å². The van der Waals surface area contributed by atoms with Gasteiger partial charge in [-0.1, -0.05) is 17.3 Å². The molecule has 5 nitrogen and oxygen atoms in total. The Labute approximate surface area is 117 Å². The SMILES string of the molecule is c1cc2c(c(-c3nc(C4CCOC4)no3)c1)CCNC2. The van der Waals surface area contributed by atoms with Crippen LogP contribution in [0.3, 0.4) is 0 Å². The monoisotopic (exact) mass is 271 g/mol. The maximum atomic E-state index is 5.49. The Balaban J connectivity index is 1.70. The number of fused-ring (bicyclic) bond motifs is 1. The molecule has 0 spiro atoms. The largest absolute Gasteiger partial charge is 0.381 e. The quantitative estimate of drug-likeness (QED) is 0.903. The van der Waals surface area contributed by atoms with Gasteiger partial charge in [-0.05, 0) is 36.6 Å². The van der Waals surface area contributed by atoms with E-state index in [0.29, 0.717) is 12.5 Å². The Bertz CT molecular complexity index is 617. The first-order chi connectivity index (χ1) is 9.92. The lowest BCUT2D eigenvalue weighted by molar-refractivity contribution is 0.192. The van der Waals surface area contributed by atoms with E-state index < -0.39 is 0 Å². The van der Waals surface area contributed by atoms with E-state index in [4.69, 9.17) is 9.26 Å². The van der Waals surface area contributed by atoms with Crippen molar-refractivity contribution in [3.8, 4) is 11.5 Å². The lowest BCUT2D eigenvalue weighted by Gasteiger charge is -2.18. The Hall–Kier alpha value is -1.72. The number of benzene rings is 1. The van der Waals surface area contributed by atoms with Gasteiger partial charge in [0.1, 0.15) is 0 Å². The van der Waals surface area contributed by atoms with Crippen molar-refractivity contribution >= 4 is 0 Å². The topological polar surface area (TPSA) is 60.2 Å². The standard InChI is InChI=1S/C15H17N3O2/c1-2-10-8-16-6-4-12(10)13(3-1)15-17-14(18-20-15)11-5-7-19-9-11/h1-3,11,16H,4-9H2. The van der Waals surface area contributed by atoms with Gasteiger partial charge < -0.3 is 14.6 Å². The van der Waals surface area contributed by atoms with Crippen LogP contribution in [0, 0.1) is 0 Å². The van der Waals surface area contributed by atoms with E-state index >= 15 is 0 Å². The Morgan fingerprint density at radius 3 is 3.20 bits per heavy atom. The van der Waals surface area contributed by atoms with Gasteiger partial charge in [0.25, 0.3) is 5.89 Å². The first-order valence-corrected chi connectivity index (χ1v) is 7.15. The maximum absolute atomic E-state index is 5.49. The summed E-state index contributed by atoms with van der Waals surface area (Å²) in [5, 5.41) is 7.53. The van der Waals surface area contributed by atoms with Gasteiger partial charge in [-0.15, -0.1) is 0 Å². The van der Waals surface area contributed by atoms with Crippen molar-refractivity contribution in [2.24, 2.45) is 0 Å². The van der Waals surface area contributed by atoms with E-state index in [2.05, 4.69) is 33.7 Å². The van der Waals surface area contributed by atoms with Crippen molar-refractivity contribution < 1.29 is 9.26 Å². The van der Waals surface area contributed by atoms with Gasteiger partial charge in [0.15, 0.2) is 5.82 Å². The fraction of sp³-hybridized carbons (Fsp3) is 0.467. The molecule has 4 rings (SSSR count).